The average molecular weight is 477 g/mol. The highest BCUT2D eigenvalue weighted by Crippen LogP contribution is 2.61. The molecule has 4 rings (SSSR count). The van der Waals surface area contributed by atoms with Gasteiger partial charge in [0.15, 0.2) is 5.78 Å². The minimum Gasteiger partial charge on any atom is -0.308 e. The smallest absolute Gasteiger partial charge is 0.308 e. The zero-order valence-corrected chi connectivity index (χ0v) is 21.5. The number of carbonyl (C=O) groups excluding carboxylic acids is 1. The number of hydrogen-bond donors (Lipinski definition) is 0. The van der Waals surface area contributed by atoms with Crippen LogP contribution in [0.2, 0.25) is 0 Å². The van der Waals surface area contributed by atoms with Crippen molar-refractivity contribution in [2.45, 2.75) is 51.6 Å². The first kappa shape index (κ1) is 24.6. The molecule has 0 fully saturated rings. The predicted molar refractivity (Wildman–Crippen MR) is 138 cm³/mol. The monoisotopic (exact) mass is 476 g/mol. The van der Waals surface area contributed by atoms with Crippen LogP contribution in [0.1, 0.15) is 67.6 Å². The summed E-state index contributed by atoms with van der Waals surface area (Å²) in [6.07, 6.45) is 0. The SMILES string of the molecule is CCOP(=O)(OCC)[C@@H]1C(=O)c2ccccc2-c2ccc(C(C)(C)C)cc2[C@@H]1c1ccccc1. The second-order valence-electron chi connectivity index (χ2n) is 9.67. The van der Waals surface area contributed by atoms with E-state index in [-0.39, 0.29) is 24.4 Å². The van der Waals surface area contributed by atoms with Gasteiger partial charge in [0, 0.05) is 11.5 Å². The Bertz CT molecular complexity index is 1220. The molecule has 0 aromatic heterocycles. The Kier molecular flexibility index (Phi) is 6.96. The predicted octanol–water partition coefficient (Wildman–Crippen LogP) is 7.61. The van der Waals surface area contributed by atoms with Crippen molar-refractivity contribution < 1.29 is 18.4 Å². The summed E-state index contributed by atoms with van der Waals surface area (Å²) in [5, 5.41) is 0. The van der Waals surface area contributed by atoms with E-state index in [2.05, 4.69) is 39.0 Å². The number of Topliss-reactive ketones (excluding diaryl/α,β-unsaturated/α-hetero) is 1. The van der Waals surface area contributed by atoms with Gasteiger partial charge in [-0.05, 0) is 47.1 Å². The first-order chi connectivity index (χ1) is 16.2. The van der Waals surface area contributed by atoms with Gasteiger partial charge in [-0.15, -0.1) is 0 Å². The topological polar surface area (TPSA) is 52.6 Å². The molecule has 178 valence electrons. The molecule has 5 heteroatoms. The molecule has 0 saturated carbocycles. The number of benzene rings is 3. The first-order valence-electron chi connectivity index (χ1n) is 11.9. The van der Waals surface area contributed by atoms with E-state index >= 15 is 0 Å². The molecule has 0 heterocycles. The summed E-state index contributed by atoms with van der Waals surface area (Å²) in [6, 6.07) is 23.8. The second kappa shape index (κ2) is 9.62. The lowest BCUT2D eigenvalue weighted by Gasteiger charge is -2.32. The summed E-state index contributed by atoms with van der Waals surface area (Å²) in [5.74, 6) is -0.689. The van der Waals surface area contributed by atoms with E-state index in [0.29, 0.717) is 5.56 Å². The number of carbonyl (C=O) groups is 1. The highest BCUT2D eigenvalue weighted by molar-refractivity contribution is 7.56. The summed E-state index contributed by atoms with van der Waals surface area (Å²) >= 11 is 0. The van der Waals surface area contributed by atoms with Gasteiger partial charge in [-0.1, -0.05) is 93.6 Å². The fourth-order valence-electron chi connectivity index (χ4n) is 4.85. The lowest BCUT2D eigenvalue weighted by atomic mass is 9.80. The summed E-state index contributed by atoms with van der Waals surface area (Å²) in [6.45, 7) is 10.5. The Morgan fingerprint density at radius 2 is 1.38 bits per heavy atom. The zero-order valence-electron chi connectivity index (χ0n) is 20.6. The highest BCUT2D eigenvalue weighted by atomic mass is 31.2. The van der Waals surface area contributed by atoms with Gasteiger partial charge >= 0.3 is 7.60 Å². The molecule has 1 aliphatic rings. The molecule has 3 aromatic rings. The third-order valence-corrected chi connectivity index (χ3v) is 8.89. The quantitative estimate of drug-likeness (QED) is 0.344. The van der Waals surface area contributed by atoms with Crippen LogP contribution in [0.3, 0.4) is 0 Å². The molecular weight excluding hydrogens is 443 g/mol. The molecule has 4 nitrogen and oxygen atoms in total. The van der Waals surface area contributed by atoms with Crippen LogP contribution in [-0.4, -0.2) is 24.7 Å². The first-order valence-corrected chi connectivity index (χ1v) is 13.5. The van der Waals surface area contributed by atoms with Gasteiger partial charge in [0.1, 0.15) is 5.66 Å². The Balaban J connectivity index is 2.11. The lowest BCUT2D eigenvalue weighted by Crippen LogP contribution is -2.30. The third-order valence-electron chi connectivity index (χ3n) is 6.44. The summed E-state index contributed by atoms with van der Waals surface area (Å²) in [7, 11) is -3.82. The number of fused-ring (bicyclic) bond motifs is 3. The van der Waals surface area contributed by atoms with Crippen LogP contribution in [0.5, 0.6) is 0 Å². The minimum absolute atomic E-state index is 0.0921. The van der Waals surface area contributed by atoms with E-state index in [1.54, 1.807) is 13.8 Å². The molecule has 34 heavy (non-hydrogen) atoms. The fraction of sp³-hybridized carbons (Fsp3) is 0.345. The largest absolute Gasteiger partial charge is 0.342 e. The second-order valence-corrected chi connectivity index (χ2v) is 11.8. The Hall–Kier alpha value is -2.52. The van der Waals surface area contributed by atoms with Crippen molar-refractivity contribution in [2.75, 3.05) is 13.2 Å². The van der Waals surface area contributed by atoms with Gasteiger partial charge in [0.2, 0.25) is 0 Å². The number of rotatable bonds is 6. The van der Waals surface area contributed by atoms with E-state index < -0.39 is 19.2 Å². The van der Waals surface area contributed by atoms with Gasteiger partial charge in [-0.25, -0.2) is 0 Å². The molecule has 0 bridgehead atoms. The third kappa shape index (κ3) is 4.43. The van der Waals surface area contributed by atoms with Crippen LogP contribution in [0.4, 0.5) is 0 Å². The van der Waals surface area contributed by atoms with E-state index in [9.17, 15) is 9.36 Å². The van der Waals surface area contributed by atoms with Crippen molar-refractivity contribution in [1.29, 1.82) is 0 Å². The average Bonchev–Trinajstić information content (AvgIpc) is 2.92. The van der Waals surface area contributed by atoms with Crippen LogP contribution in [0.15, 0.2) is 72.8 Å². The molecule has 0 unspecified atom stereocenters. The van der Waals surface area contributed by atoms with Crippen LogP contribution in [-0.2, 0) is 19.0 Å². The molecule has 2 atom stereocenters. The van der Waals surface area contributed by atoms with Crippen molar-refractivity contribution in [1.82, 2.24) is 0 Å². The molecule has 0 amide bonds. The molecule has 0 N–H and O–H groups in total. The van der Waals surface area contributed by atoms with Gasteiger partial charge < -0.3 is 9.05 Å². The maximum atomic E-state index is 14.4. The standard InChI is InChI=1S/C29H33O4P/c1-6-32-34(31,33-7-2)28-26(20-13-9-8-10-14-20)25-19-21(29(3,4)5)17-18-23(25)22-15-11-12-16-24(22)27(28)30/h8-19,26,28H,6-7H2,1-5H3/t26-,28-/m0/s1. The maximum Gasteiger partial charge on any atom is 0.342 e. The van der Waals surface area contributed by atoms with E-state index in [0.717, 1.165) is 27.8 Å². The van der Waals surface area contributed by atoms with Crippen LogP contribution in [0.25, 0.3) is 11.1 Å². The molecule has 3 aromatic carbocycles. The van der Waals surface area contributed by atoms with Gasteiger partial charge in [0.25, 0.3) is 0 Å². The molecule has 1 aliphatic carbocycles. The summed E-state index contributed by atoms with van der Waals surface area (Å²) in [5.41, 5.74) is 4.34. The van der Waals surface area contributed by atoms with Crippen LogP contribution < -0.4 is 0 Å². The molecule has 0 radical (unpaired) electrons. The Morgan fingerprint density at radius 3 is 1.97 bits per heavy atom. The zero-order chi connectivity index (χ0) is 24.5. The number of ketones is 1. The van der Waals surface area contributed by atoms with Crippen molar-refractivity contribution in [3.8, 4) is 11.1 Å². The van der Waals surface area contributed by atoms with Crippen molar-refractivity contribution >= 4 is 13.4 Å². The van der Waals surface area contributed by atoms with Crippen LogP contribution >= 0.6 is 7.60 Å². The van der Waals surface area contributed by atoms with Gasteiger partial charge in [-0.3, -0.25) is 9.36 Å². The molecular formula is C29H33O4P. The van der Waals surface area contributed by atoms with Gasteiger partial charge in [-0.2, -0.15) is 0 Å². The Morgan fingerprint density at radius 1 is 0.794 bits per heavy atom. The van der Waals surface area contributed by atoms with Crippen molar-refractivity contribution in [3.05, 3.63) is 95.1 Å². The fourth-order valence-corrected chi connectivity index (χ4v) is 7.09. The Labute approximate surface area is 202 Å². The normalized spacial score (nSPS) is 18.2. The number of hydrogen-bond acceptors (Lipinski definition) is 4. The minimum atomic E-state index is -3.82. The molecule has 0 spiro atoms. The van der Waals surface area contributed by atoms with Crippen molar-refractivity contribution in [2.24, 2.45) is 0 Å². The summed E-state index contributed by atoms with van der Waals surface area (Å²) < 4.78 is 26.0. The molecule has 0 aliphatic heterocycles. The van der Waals surface area contributed by atoms with Gasteiger partial charge in [0.05, 0.1) is 13.2 Å². The van der Waals surface area contributed by atoms with Crippen LogP contribution in [0, 0.1) is 0 Å². The molecule has 0 saturated heterocycles. The maximum absolute atomic E-state index is 14.4. The van der Waals surface area contributed by atoms with E-state index in [1.807, 2.05) is 54.6 Å². The van der Waals surface area contributed by atoms with Crippen molar-refractivity contribution in [3.63, 3.8) is 0 Å². The van der Waals surface area contributed by atoms with E-state index in [1.165, 1.54) is 0 Å². The van der Waals surface area contributed by atoms with E-state index in [4.69, 9.17) is 9.05 Å². The summed E-state index contributed by atoms with van der Waals surface area (Å²) in [4.78, 5) is 14.2. The lowest BCUT2D eigenvalue weighted by molar-refractivity contribution is 0.0962. The highest BCUT2D eigenvalue weighted by Gasteiger charge is 2.50.